The largest absolute Gasteiger partial charge is 0.371 e. The van der Waals surface area contributed by atoms with Crippen LogP contribution in [-0.4, -0.2) is 31.6 Å². The van der Waals surface area contributed by atoms with Crippen molar-refractivity contribution in [2.75, 3.05) is 29.9 Å². The third-order valence-corrected chi connectivity index (χ3v) is 4.71. The fourth-order valence-electron chi connectivity index (χ4n) is 3.41. The van der Waals surface area contributed by atoms with Crippen LogP contribution in [0.5, 0.6) is 0 Å². The van der Waals surface area contributed by atoms with Gasteiger partial charge in [0.25, 0.3) is 0 Å². The van der Waals surface area contributed by atoms with Gasteiger partial charge in [-0.25, -0.2) is 0 Å². The molecule has 1 atom stereocenters. The molecule has 136 valence electrons. The lowest BCUT2D eigenvalue weighted by molar-refractivity contribution is -0.118. The van der Waals surface area contributed by atoms with Crippen molar-refractivity contribution < 1.29 is 4.79 Å². The van der Waals surface area contributed by atoms with Crippen molar-refractivity contribution in [3.63, 3.8) is 0 Å². The minimum atomic E-state index is -0.0319. The Balaban J connectivity index is 0.00000144. The zero-order chi connectivity index (χ0) is 15.2. The summed E-state index contributed by atoms with van der Waals surface area (Å²) in [5, 5.41) is 6.38. The van der Waals surface area contributed by atoms with E-state index in [-0.39, 0.29) is 36.8 Å². The summed E-state index contributed by atoms with van der Waals surface area (Å²) < 4.78 is 0. The van der Waals surface area contributed by atoms with E-state index in [0.29, 0.717) is 0 Å². The van der Waals surface area contributed by atoms with E-state index in [0.717, 1.165) is 38.2 Å². The highest BCUT2D eigenvalue weighted by Crippen LogP contribution is 2.23. The van der Waals surface area contributed by atoms with Crippen LogP contribution in [-0.2, 0) is 4.79 Å². The van der Waals surface area contributed by atoms with Gasteiger partial charge in [-0.3, -0.25) is 4.79 Å². The molecule has 0 radical (unpaired) electrons. The molecule has 0 aromatic heterocycles. The van der Waals surface area contributed by atoms with Gasteiger partial charge in [-0.2, -0.15) is 0 Å². The number of carbonyl (C=O) groups is 1. The maximum Gasteiger partial charge on any atom is 0.241 e. The molecule has 2 heterocycles. The summed E-state index contributed by atoms with van der Waals surface area (Å²) in [7, 11) is 0. The van der Waals surface area contributed by atoms with Crippen LogP contribution in [0, 0.1) is 0 Å². The Kier molecular flexibility index (Phi) is 9.49. The summed E-state index contributed by atoms with van der Waals surface area (Å²) >= 11 is 0. The summed E-state index contributed by atoms with van der Waals surface area (Å²) in [6.07, 6.45) is 8.45. The molecular formula is C18H29Cl2N3O. The molecule has 1 aromatic rings. The second-order valence-electron chi connectivity index (χ2n) is 6.44. The summed E-state index contributed by atoms with van der Waals surface area (Å²) in [5.74, 6) is 0.104. The minimum absolute atomic E-state index is 0. The Hall–Kier alpha value is -0.970. The van der Waals surface area contributed by atoms with Crippen LogP contribution in [0.4, 0.5) is 11.4 Å². The number of carbonyl (C=O) groups excluding carboxylic acids is 1. The van der Waals surface area contributed by atoms with E-state index < -0.39 is 0 Å². The van der Waals surface area contributed by atoms with E-state index in [1.165, 1.54) is 37.8 Å². The van der Waals surface area contributed by atoms with Crippen molar-refractivity contribution in [1.29, 1.82) is 0 Å². The van der Waals surface area contributed by atoms with Crippen molar-refractivity contribution in [1.82, 2.24) is 5.32 Å². The van der Waals surface area contributed by atoms with Crippen LogP contribution in [0.25, 0.3) is 0 Å². The van der Waals surface area contributed by atoms with Crippen molar-refractivity contribution in [3.05, 3.63) is 24.3 Å². The van der Waals surface area contributed by atoms with Crippen LogP contribution in [0.15, 0.2) is 24.3 Å². The van der Waals surface area contributed by atoms with Gasteiger partial charge in [0.05, 0.1) is 6.04 Å². The van der Waals surface area contributed by atoms with E-state index in [1.54, 1.807) is 0 Å². The number of piperidine rings is 1. The number of hydrogen-bond donors (Lipinski definition) is 2. The Labute approximate surface area is 157 Å². The number of benzene rings is 1. The molecule has 2 N–H and O–H groups in total. The first-order valence-corrected chi connectivity index (χ1v) is 8.72. The predicted molar refractivity (Wildman–Crippen MR) is 106 cm³/mol. The standard InChI is InChI=1S/C18H27N3O.2ClH/c22-18(17-10-3-4-11-19-17)20-15-8-7-9-16(14-15)21-12-5-1-2-6-13-21;;/h7-9,14,17,19H,1-6,10-13H2,(H,20,22);2*1H/t17-;;/m1../s1. The summed E-state index contributed by atoms with van der Waals surface area (Å²) in [4.78, 5) is 14.8. The zero-order valence-corrected chi connectivity index (χ0v) is 15.8. The molecule has 0 saturated carbocycles. The van der Waals surface area contributed by atoms with Crippen molar-refractivity contribution >= 4 is 42.1 Å². The molecule has 2 fully saturated rings. The molecule has 1 amide bonds. The third-order valence-electron chi connectivity index (χ3n) is 4.71. The molecule has 2 aliphatic rings. The fraction of sp³-hybridized carbons (Fsp3) is 0.611. The Morgan fingerprint density at radius 1 is 1.04 bits per heavy atom. The number of anilines is 2. The average molecular weight is 374 g/mol. The topological polar surface area (TPSA) is 44.4 Å². The maximum atomic E-state index is 12.3. The number of amides is 1. The lowest BCUT2D eigenvalue weighted by Gasteiger charge is -2.24. The van der Waals surface area contributed by atoms with E-state index in [2.05, 4.69) is 27.7 Å². The average Bonchev–Trinajstić information content (AvgIpc) is 2.85. The first kappa shape index (κ1) is 21.1. The van der Waals surface area contributed by atoms with Gasteiger partial charge in [0.15, 0.2) is 0 Å². The van der Waals surface area contributed by atoms with Crippen LogP contribution in [0.1, 0.15) is 44.9 Å². The lowest BCUT2D eigenvalue weighted by atomic mass is 10.0. The van der Waals surface area contributed by atoms with Gasteiger partial charge in [0, 0.05) is 24.5 Å². The number of nitrogens with zero attached hydrogens (tertiary/aromatic N) is 1. The van der Waals surface area contributed by atoms with Gasteiger partial charge in [-0.1, -0.05) is 25.3 Å². The molecule has 6 heteroatoms. The SMILES string of the molecule is Cl.Cl.O=C(Nc1cccc(N2CCCCCC2)c1)[C@H]1CCCCN1. The number of nitrogens with one attached hydrogen (secondary N) is 2. The summed E-state index contributed by atoms with van der Waals surface area (Å²) in [6, 6.07) is 8.27. The molecule has 3 rings (SSSR count). The first-order chi connectivity index (χ1) is 10.8. The van der Waals surface area contributed by atoms with Crippen LogP contribution in [0.3, 0.4) is 0 Å². The second kappa shape index (κ2) is 10.8. The van der Waals surface area contributed by atoms with Gasteiger partial charge >= 0.3 is 0 Å². The lowest BCUT2D eigenvalue weighted by Crippen LogP contribution is -2.43. The highest BCUT2D eigenvalue weighted by molar-refractivity contribution is 5.95. The molecule has 0 aliphatic carbocycles. The summed E-state index contributed by atoms with van der Waals surface area (Å²) in [5.41, 5.74) is 2.15. The van der Waals surface area contributed by atoms with Crippen LogP contribution < -0.4 is 15.5 Å². The second-order valence-corrected chi connectivity index (χ2v) is 6.44. The fourth-order valence-corrected chi connectivity index (χ4v) is 3.41. The van der Waals surface area contributed by atoms with Gasteiger partial charge in [-0.15, -0.1) is 24.8 Å². The number of hydrogen-bond acceptors (Lipinski definition) is 3. The summed E-state index contributed by atoms with van der Waals surface area (Å²) in [6.45, 7) is 3.20. The van der Waals surface area contributed by atoms with E-state index in [4.69, 9.17) is 0 Å². The quantitative estimate of drug-likeness (QED) is 0.841. The van der Waals surface area contributed by atoms with Crippen LogP contribution in [0.2, 0.25) is 0 Å². The molecule has 0 unspecified atom stereocenters. The van der Waals surface area contributed by atoms with Gasteiger partial charge < -0.3 is 15.5 Å². The molecule has 0 spiro atoms. The predicted octanol–water partition coefficient (Wildman–Crippen LogP) is 3.99. The van der Waals surface area contributed by atoms with Gasteiger partial charge in [-0.05, 0) is 50.4 Å². The highest BCUT2D eigenvalue weighted by atomic mass is 35.5. The Morgan fingerprint density at radius 3 is 2.46 bits per heavy atom. The molecule has 24 heavy (non-hydrogen) atoms. The van der Waals surface area contributed by atoms with Crippen molar-refractivity contribution in [2.45, 2.75) is 51.0 Å². The molecular weight excluding hydrogens is 345 g/mol. The van der Waals surface area contributed by atoms with Crippen molar-refractivity contribution in [2.24, 2.45) is 0 Å². The number of rotatable bonds is 3. The smallest absolute Gasteiger partial charge is 0.241 e. The molecule has 1 aromatic carbocycles. The Bertz CT molecular complexity index is 499. The van der Waals surface area contributed by atoms with E-state index in [1.807, 2.05) is 12.1 Å². The zero-order valence-electron chi connectivity index (χ0n) is 14.1. The molecule has 4 nitrogen and oxygen atoms in total. The van der Waals surface area contributed by atoms with Crippen LogP contribution >= 0.6 is 24.8 Å². The monoisotopic (exact) mass is 373 g/mol. The molecule has 2 saturated heterocycles. The maximum absolute atomic E-state index is 12.3. The van der Waals surface area contributed by atoms with Gasteiger partial charge in [0.2, 0.25) is 5.91 Å². The van der Waals surface area contributed by atoms with E-state index >= 15 is 0 Å². The third kappa shape index (κ3) is 5.83. The molecule has 2 aliphatic heterocycles. The first-order valence-electron chi connectivity index (χ1n) is 8.72. The van der Waals surface area contributed by atoms with Gasteiger partial charge in [0.1, 0.15) is 0 Å². The Morgan fingerprint density at radius 2 is 1.79 bits per heavy atom. The van der Waals surface area contributed by atoms with E-state index in [9.17, 15) is 4.79 Å². The highest BCUT2D eigenvalue weighted by Gasteiger charge is 2.20. The number of halogens is 2. The normalized spacial score (nSPS) is 21.0. The minimum Gasteiger partial charge on any atom is -0.371 e. The molecule has 0 bridgehead atoms. The van der Waals surface area contributed by atoms with Crippen molar-refractivity contribution in [3.8, 4) is 0 Å².